The average molecular weight is 412 g/mol. The second-order valence-electron chi connectivity index (χ2n) is 7.65. The van der Waals surface area contributed by atoms with Gasteiger partial charge in [0.15, 0.2) is 0 Å². The second kappa shape index (κ2) is 10.7. The van der Waals surface area contributed by atoms with Gasteiger partial charge in [-0.05, 0) is 81.1 Å². The lowest BCUT2D eigenvalue weighted by molar-refractivity contribution is 0.181. The molecule has 158 valence electrons. The van der Waals surface area contributed by atoms with Gasteiger partial charge in [-0.3, -0.25) is 0 Å². The number of piperidine rings is 1. The number of nitrogens with zero attached hydrogens (tertiary/aromatic N) is 2. The Bertz CT molecular complexity index is 904. The molecule has 2 aromatic carbocycles. The van der Waals surface area contributed by atoms with E-state index >= 15 is 0 Å². The van der Waals surface area contributed by atoms with E-state index in [1.165, 1.54) is 6.07 Å². The van der Waals surface area contributed by atoms with Gasteiger partial charge in [0, 0.05) is 18.3 Å². The summed E-state index contributed by atoms with van der Waals surface area (Å²) in [6.45, 7) is 3.34. The van der Waals surface area contributed by atoms with E-state index in [0.717, 1.165) is 45.0 Å². The molecule has 2 N–H and O–H groups in total. The molecule has 5 nitrogen and oxygen atoms in total. The summed E-state index contributed by atoms with van der Waals surface area (Å²) in [5.41, 5.74) is 1.68. The Balaban J connectivity index is 1.31. The molecule has 1 fully saturated rings. The monoisotopic (exact) mass is 412 g/mol. The zero-order chi connectivity index (χ0) is 21.3. The smallest absolute Gasteiger partial charge is 0.319 e. The molecule has 1 heterocycles. The number of likely N-dealkylation sites (tertiary alicyclic amines) is 1. The SMILES string of the molecule is N#Cc1cccc(NC(=O)NCCCN2CCC(Cc3ccc(F)cc3F)CC2)c1. The summed E-state index contributed by atoms with van der Waals surface area (Å²) in [7, 11) is 0. The molecule has 0 atom stereocenters. The number of amides is 2. The van der Waals surface area contributed by atoms with Crippen molar-refractivity contribution in [3.63, 3.8) is 0 Å². The molecule has 0 aromatic heterocycles. The van der Waals surface area contributed by atoms with Crippen molar-refractivity contribution in [3.8, 4) is 6.07 Å². The summed E-state index contributed by atoms with van der Waals surface area (Å²) >= 11 is 0. The second-order valence-corrected chi connectivity index (χ2v) is 7.65. The summed E-state index contributed by atoms with van der Waals surface area (Å²) in [5.74, 6) is -0.584. The van der Waals surface area contributed by atoms with Crippen molar-refractivity contribution in [2.45, 2.75) is 25.7 Å². The van der Waals surface area contributed by atoms with Gasteiger partial charge in [0.2, 0.25) is 0 Å². The largest absolute Gasteiger partial charge is 0.338 e. The van der Waals surface area contributed by atoms with Gasteiger partial charge in [-0.2, -0.15) is 5.26 Å². The lowest BCUT2D eigenvalue weighted by Gasteiger charge is -2.32. The summed E-state index contributed by atoms with van der Waals surface area (Å²) < 4.78 is 26.9. The van der Waals surface area contributed by atoms with E-state index in [0.29, 0.717) is 35.7 Å². The Kier molecular flexibility index (Phi) is 7.75. The van der Waals surface area contributed by atoms with Crippen LogP contribution >= 0.6 is 0 Å². The summed E-state index contributed by atoms with van der Waals surface area (Å²) in [6.07, 6.45) is 3.46. The third-order valence-electron chi connectivity index (χ3n) is 5.42. The third kappa shape index (κ3) is 6.53. The predicted octanol–water partition coefficient (Wildman–Crippen LogP) is 4.30. The Morgan fingerprint density at radius 2 is 1.97 bits per heavy atom. The van der Waals surface area contributed by atoms with Crippen LogP contribution in [0.2, 0.25) is 0 Å². The van der Waals surface area contributed by atoms with Crippen LogP contribution < -0.4 is 10.6 Å². The summed E-state index contributed by atoms with van der Waals surface area (Å²) in [5, 5.41) is 14.4. The van der Waals surface area contributed by atoms with Crippen LogP contribution in [0.5, 0.6) is 0 Å². The van der Waals surface area contributed by atoms with Gasteiger partial charge in [0.1, 0.15) is 11.6 Å². The van der Waals surface area contributed by atoms with Crippen molar-refractivity contribution < 1.29 is 13.6 Å². The van der Waals surface area contributed by atoms with Gasteiger partial charge in [-0.1, -0.05) is 12.1 Å². The van der Waals surface area contributed by atoms with E-state index in [1.807, 2.05) is 6.07 Å². The molecule has 3 rings (SSSR count). The van der Waals surface area contributed by atoms with Crippen LogP contribution in [-0.4, -0.2) is 37.1 Å². The highest BCUT2D eigenvalue weighted by atomic mass is 19.1. The maximum absolute atomic E-state index is 13.8. The molecule has 1 aliphatic rings. The highest BCUT2D eigenvalue weighted by Crippen LogP contribution is 2.23. The van der Waals surface area contributed by atoms with Crippen molar-refractivity contribution >= 4 is 11.7 Å². The fourth-order valence-electron chi connectivity index (χ4n) is 3.76. The molecule has 2 aromatic rings. The Hall–Kier alpha value is -2.98. The number of anilines is 1. The summed E-state index contributed by atoms with van der Waals surface area (Å²) in [4.78, 5) is 14.3. The lowest BCUT2D eigenvalue weighted by Crippen LogP contribution is -2.37. The average Bonchev–Trinajstić information content (AvgIpc) is 2.74. The van der Waals surface area contributed by atoms with Crippen LogP contribution in [-0.2, 0) is 6.42 Å². The maximum Gasteiger partial charge on any atom is 0.319 e. The minimum absolute atomic E-state index is 0.287. The third-order valence-corrected chi connectivity index (χ3v) is 5.42. The molecule has 0 spiro atoms. The van der Waals surface area contributed by atoms with Crippen LogP contribution in [0.1, 0.15) is 30.4 Å². The quantitative estimate of drug-likeness (QED) is 0.666. The molecule has 1 aliphatic heterocycles. The first-order valence-corrected chi connectivity index (χ1v) is 10.2. The molecule has 30 heavy (non-hydrogen) atoms. The minimum Gasteiger partial charge on any atom is -0.338 e. The minimum atomic E-state index is -0.538. The molecule has 0 unspecified atom stereocenters. The zero-order valence-corrected chi connectivity index (χ0v) is 16.8. The standard InChI is InChI=1S/C23H26F2N4O/c24-20-6-5-19(22(25)15-20)13-17-7-11-29(12-8-17)10-2-9-27-23(30)28-21-4-1-3-18(14-21)16-26/h1,3-6,14-15,17H,2,7-13H2,(H2,27,28,30). The van der Waals surface area contributed by atoms with Gasteiger partial charge < -0.3 is 15.5 Å². The number of benzene rings is 2. The maximum atomic E-state index is 13.8. The fraction of sp³-hybridized carbons (Fsp3) is 0.391. The van der Waals surface area contributed by atoms with Crippen molar-refractivity contribution in [2.24, 2.45) is 5.92 Å². The van der Waals surface area contributed by atoms with Crippen molar-refractivity contribution in [1.82, 2.24) is 10.2 Å². The molecular formula is C23H26F2N4O. The van der Waals surface area contributed by atoms with Crippen LogP contribution in [0.3, 0.4) is 0 Å². The van der Waals surface area contributed by atoms with Crippen LogP contribution in [0.25, 0.3) is 0 Å². The number of rotatable bonds is 7. The van der Waals surface area contributed by atoms with Crippen molar-refractivity contribution in [1.29, 1.82) is 5.26 Å². The van der Waals surface area contributed by atoms with E-state index in [4.69, 9.17) is 5.26 Å². The van der Waals surface area contributed by atoms with Crippen LogP contribution in [0, 0.1) is 28.9 Å². The van der Waals surface area contributed by atoms with Gasteiger partial charge in [0.05, 0.1) is 11.6 Å². The molecule has 0 bridgehead atoms. The van der Waals surface area contributed by atoms with Gasteiger partial charge in [0.25, 0.3) is 0 Å². The first-order chi connectivity index (χ1) is 14.5. The van der Waals surface area contributed by atoms with Gasteiger partial charge in [-0.25, -0.2) is 13.6 Å². The zero-order valence-electron chi connectivity index (χ0n) is 16.8. The highest BCUT2D eigenvalue weighted by molar-refractivity contribution is 5.89. The molecule has 0 aliphatic carbocycles. The van der Waals surface area contributed by atoms with E-state index in [9.17, 15) is 13.6 Å². The van der Waals surface area contributed by atoms with Crippen molar-refractivity contribution in [3.05, 3.63) is 65.2 Å². The first-order valence-electron chi connectivity index (χ1n) is 10.2. The van der Waals surface area contributed by atoms with Crippen molar-refractivity contribution in [2.75, 3.05) is 31.5 Å². The highest BCUT2D eigenvalue weighted by Gasteiger charge is 2.20. The normalized spacial score (nSPS) is 14.8. The Morgan fingerprint density at radius 1 is 1.17 bits per heavy atom. The van der Waals surface area contributed by atoms with Crippen LogP contribution in [0.15, 0.2) is 42.5 Å². The van der Waals surface area contributed by atoms with E-state index < -0.39 is 11.6 Å². The number of hydrogen-bond donors (Lipinski definition) is 2. The van der Waals surface area contributed by atoms with Gasteiger partial charge in [-0.15, -0.1) is 0 Å². The molecule has 0 saturated carbocycles. The first kappa shape index (κ1) is 21.7. The number of hydrogen-bond acceptors (Lipinski definition) is 3. The molecule has 2 amide bonds. The number of nitrogens with one attached hydrogen (secondary N) is 2. The fourth-order valence-corrected chi connectivity index (χ4v) is 3.76. The topological polar surface area (TPSA) is 68.2 Å². The number of carbonyl (C=O) groups excluding carboxylic acids is 1. The number of carbonyl (C=O) groups is 1. The predicted molar refractivity (Wildman–Crippen MR) is 112 cm³/mol. The van der Waals surface area contributed by atoms with Gasteiger partial charge >= 0.3 is 6.03 Å². The number of nitriles is 1. The van der Waals surface area contributed by atoms with E-state index in [-0.39, 0.29) is 6.03 Å². The molecule has 1 saturated heterocycles. The Morgan fingerprint density at radius 3 is 2.70 bits per heavy atom. The lowest BCUT2D eigenvalue weighted by atomic mass is 9.90. The van der Waals surface area contributed by atoms with E-state index in [1.54, 1.807) is 30.3 Å². The van der Waals surface area contributed by atoms with Crippen LogP contribution in [0.4, 0.5) is 19.3 Å². The Labute approximate surface area is 175 Å². The number of halogens is 2. The van der Waals surface area contributed by atoms with E-state index in [2.05, 4.69) is 15.5 Å². The summed E-state index contributed by atoms with van der Waals surface area (Å²) in [6, 6.07) is 12.3. The molecular weight excluding hydrogens is 386 g/mol. The number of urea groups is 1. The molecule has 0 radical (unpaired) electrons. The molecule has 7 heteroatoms.